The molecule has 1 aliphatic heterocycles. The van der Waals surface area contributed by atoms with Crippen LogP contribution in [-0.2, 0) is 4.79 Å². The maximum Gasteiger partial charge on any atom is 0.239 e. The number of nitrogens with one attached hydrogen (secondary N) is 1. The van der Waals surface area contributed by atoms with Gasteiger partial charge in [0.25, 0.3) is 0 Å². The van der Waals surface area contributed by atoms with Gasteiger partial charge in [-0.05, 0) is 19.1 Å². The fourth-order valence-corrected chi connectivity index (χ4v) is 3.30. The molecule has 5 heteroatoms. The van der Waals surface area contributed by atoms with E-state index >= 15 is 0 Å². The Bertz CT molecular complexity index is 887. The highest BCUT2D eigenvalue weighted by atomic mass is 16.2. The van der Waals surface area contributed by atoms with E-state index in [2.05, 4.69) is 29.3 Å². The summed E-state index contributed by atoms with van der Waals surface area (Å²) in [7, 11) is 0. The standard InChI is InChI=1S/C20H20N4O/c1-15-19(16-8-4-2-5-9-16)24(17-10-6-3-7-11-17)22-20(15)23-13-12-21-18(25)14-23/h2-11H,12-14H2,1H3,(H,21,25). The molecule has 2 aromatic carbocycles. The number of hydrogen-bond donors (Lipinski definition) is 1. The van der Waals surface area contributed by atoms with Crippen LogP contribution < -0.4 is 10.2 Å². The van der Waals surface area contributed by atoms with Crippen LogP contribution in [0.4, 0.5) is 5.82 Å². The predicted molar refractivity (Wildman–Crippen MR) is 99.0 cm³/mol. The first kappa shape index (κ1) is 15.4. The van der Waals surface area contributed by atoms with Crippen LogP contribution >= 0.6 is 0 Å². The molecule has 0 atom stereocenters. The lowest BCUT2D eigenvalue weighted by atomic mass is 10.1. The van der Waals surface area contributed by atoms with E-state index < -0.39 is 0 Å². The van der Waals surface area contributed by atoms with Crippen molar-refractivity contribution in [2.75, 3.05) is 24.5 Å². The number of aromatic nitrogens is 2. The van der Waals surface area contributed by atoms with Crippen molar-refractivity contribution in [3.05, 3.63) is 66.2 Å². The summed E-state index contributed by atoms with van der Waals surface area (Å²) in [5.41, 5.74) is 4.28. The van der Waals surface area contributed by atoms with Crippen LogP contribution in [0.15, 0.2) is 60.7 Å². The molecule has 1 saturated heterocycles. The molecule has 126 valence electrons. The molecule has 1 fully saturated rings. The van der Waals surface area contributed by atoms with Crippen molar-refractivity contribution in [1.29, 1.82) is 0 Å². The Morgan fingerprint density at radius 1 is 1.00 bits per heavy atom. The number of benzene rings is 2. The second kappa shape index (κ2) is 6.43. The predicted octanol–water partition coefficient (Wildman–Crippen LogP) is 2.78. The quantitative estimate of drug-likeness (QED) is 0.802. The van der Waals surface area contributed by atoms with Crippen LogP contribution in [0.25, 0.3) is 16.9 Å². The van der Waals surface area contributed by atoms with Gasteiger partial charge >= 0.3 is 0 Å². The monoisotopic (exact) mass is 332 g/mol. The van der Waals surface area contributed by atoms with Gasteiger partial charge in [0, 0.05) is 24.2 Å². The fourth-order valence-electron chi connectivity index (χ4n) is 3.30. The fraction of sp³-hybridized carbons (Fsp3) is 0.200. The lowest BCUT2D eigenvalue weighted by Gasteiger charge is -2.27. The van der Waals surface area contributed by atoms with Gasteiger partial charge < -0.3 is 10.2 Å². The van der Waals surface area contributed by atoms with Gasteiger partial charge in [-0.1, -0.05) is 48.5 Å². The Morgan fingerprint density at radius 2 is 1.68 bits per heavy atom. The van der Waals surface area contributed by atoms with Crippen LogP contribution in [-0.4, -0.2) is 35.3 Å². The first-order valence-electron chi connectivity index (χ1n) is 8.46. The number of carbonyl (C=O) groups excluding carboxylic acids is 1. The van der Waals surface area contributed by atoms with Crippen LogP contribution in [0, 0.1) is 6.92 Å². The molecule has 0 saturated carbocycles. The van der Waals surface area contributed by atoms with E-state index in [4.69, 9.17) is 5.10 Å². The van der Waals surface area contributed by atoms with Gasteiger partial charge in [0.1, 0.15) is 0 Å². The molecule has 0 radical (unpaired) electrons. The van der Waals surface area contributed by atoms with E-state index in [1.54, 1.807) is 0 Å². The van der Waals surface area contributed by atoms with Crippen molar-refractivity contribution in [2.45, 2.75) is 6.92 Å². The van der Waals surface area contributed by atoms with Gasteiger partial charge in [0.2, 0.25) is 5.91 Å². The minimum Gasteiger partial charge on any atom is -0.353 e. The van der Waals surface area contributed by atoms with E-state index in [-0.39, 0.29) is 5.91 Å². The van der Waals surface area contributed by atoms with Crippen LogP contribution in [0.3, 0.4) is 0 Å². The molecular formula is C20H20N4O. The number of carbonyl (C=O) groups is 1. The summed E-state index contributed by atoms with van der Waals surface area (Å²) < 4.78 is 1.98. The smallest absolute Gasteiger partial charge is 0.239 e. The summed E-state index contributed by atoms with van der Waals surface area (Å²) in [5.74, 6) is 0.915. The number of amides is 1. The maximum absolute atomic E-state index is 11.8. The van der Waals surface area contributed by atoms with Gasteiger partial charge in [0.15, 0.2) is 5.82 Å². The first-order chi connectivity index (χ1) is 12.2. The number of piperazine rings is 1. The van der Waals surface area contributed by atoms with Gasteiger partial charge in [-0.15, -0.1) is 5.10 Å². The van der Waals surface area contributed by atoms with Gasteiger partial charge in [-0.25, -0.2) is 4.68 Å². The number of rotatable bonds is 3. The molecule has 1 amide bonds. The molecule has 0 bridgehead atoms. The van der Waals surface area contributed by atoms with Crippen molar-refractivity contribution >= 4 is 11.7 Å². The maximum atomic E-state index is 11.8. The molecule has 0 spiro atoms. The Balaban J connectivity index is 1.88. The minimum atomic E-state index is 0.0428. The van der Waals surface area contributed by atoms with Crippen molar-refractivity contribution < 1.29 is 4.79 Å². The average Bonchev–Trinajstić information content (AvgIpc) is 3.00. The second-order valence-corrected chi connectivity index (χ2v) is 6.18. The molecule has 0 aliphatic carbocycles. The highest BCUT2D eigenvalue weighted by Crippen LogP contribution is 2.33. The number of anilines is 1. The summed E-state index contributed by atoms with van der Waals surface area (Å²) in [6.07, 6.45) is 0. The van der Waals surface area contributed by atoms with Gasteiger partial charge in [-0.2, -0.15) is 0 Å². The molecule has 1 N–H and O–H groups in total. The largest absolute Gasteiger partial charge is 0.353 e. The van der Waals surface area contributed by atoms with E-state index in [0.717, 1.165) is 34.9 Å². The van der Waals surface area contributed by atoms with E-state index in [1.165, 1.54) is 0 Å². The van der Waals surface area contributed by atoms with E-state index in [0.29, 0.717) is 13.1 Å². The van der Waals surface area contributed by atoms with Crippen LogP contribution in [0.2, 0.25) is 0 Å². The summed E-state index contributed by atoms with van der Waals surface area (Å²) in [4.78, 5) is 13.9. The SMILES string of the molecule is Cc1c(N2CCNC(=O)C2)nn(-c2ccccc2)c1-c1ccccc1. The molecule has 3 aromatic rings. The van der Waals surface area contributed by atoms with Crippen LogP contribution in [0.1, 0.15) is 5.56 Å². The second-order valence-electron chi connectivity index (χ2n) is 6.18. The summed E-state index contributed by atoms with van der Waals surface area (Å²) >= 11 is 0. The normalized spacial score (nSPS) is 14.4. The zero-order valence-corrected chi connectivity index (χ0v) is 14.1. The number of hydrogen-bond acceptors (Lipinski definition) is 3. The Morgan fingerprint density at radius 3 is 2.36 bits per heavy atom. The third kappa shape index (κ3) is 2.89. The molecule has 5 nitrogen and oxygen atoms in total. The molecule has 1 aliphatic rings. The van der Waals surface area contributed by atoms with Crippen LogP contribution in [0.5, 0.6) is 0 Å². The van der Waals surface area contributed by atoms with E-state index in [1.807, 2.05) is 53.2 Å². The molecule has 4 rings (SSSR count). The van der Waals surface area contributed by atoms with Gasteiger partial charge in [0.05, 0.1) is 17.9 Å². The first-order valence-corrected chi connectivity index (χ1v) is 8.46. The lowest BCUT2D eigenvalue weighted by molar-refractivity contribution is -0.120. The Labute approximate surface area is 146 Å². The third-order valence-electron chi connectivity index (χ3n) is 4.48. The topological polar surface area (TPSA) is 50.2 Å². The number of para-hydroxylation sites is 1. The Kier molecular flexibility index (Phi) is 3.98. The molecule has 0 unspecified atom stereocenters. The highest BCUT2D eigenvalue weighted by molar-refractivity contribution is 5.83. The van der Waals surface area contributed by atoms with E-state index in [9.17, 15) is 4.79 Å². The third-order valence-corrected chi connectivity index (χ3v) is 4.48. The van der Waals surface area contributed by atoms with Crippen molar-refractivity contribution in [3.8, 4) is 16.9 Å². The zero-order chi connectivity index (χ0) is 17.2. The summed E-state index contributed by atoms with van der Waals surface area (Å²) in [6, 6.07) is 20.4. The lowest BCUT2D eigenvalue weighted by Crippen LogP contribution is -2.48. The minimum absolute atomic E-state index is 0.0428. The molecular weight excluding hydrogens is 312 g/mol. The van der Waals surface area contributed by atoms with Crippen molar-refractivity contribution in [1.82, 2.24) is 15.1 Å². The summed E-state index contributed by atoms with van der Waals surface area (Å²) in [6.45, 7) is 3.85. The molecule has 1 aromatic heterocycles. The molecule has 2 heterocycles. The van der Waals surface area contributed by atoms with Crippen molar-refractivity contribution in [3.63, 3.8) is 0 Å². The molecule has 25 heavy (non-hydrogen) atoms. The summed E-state index contributed by atoms with van der Waals surface area (Å²) in [5, 5.41) is 7.75. The Hall–Kier alpha value is -3.08. The zero-order valence-electron chi connectivity index (χ0n) is 14.1. The average molecular weight is 332 g/mol. The highest BCUT2D eigenvalue weighted by Gasteiger charge is 2.24. The number of nitrogens with zero attached hydrogens (tertiary/aromatic N) is 3. The van der Waals surface area contributed by atoms with Crippen molar-refractivity contribution in [2.24, 2.45) is 0 Å². The van der Waals surface area contributed by atoms with Gasteiger partial charge in [-0.3, -0.25) is 4.79 Å².